The Morgan fingerprint density at radius 2 is 2.00 bits per heavy atom. The number of aromatic nitrogens is 2. The third-order valence-electron chi connectivity index (χ3n) is 2.40. The molecule has 0 unspecified atom stereocenters. The molecule has 0 aliphatic carbocycles. The molecule has 4 nitrogen and oxygen atoms in total. The monoisotopic (exact) mass is 263 g/mol. The fourth-order valence-corrected chi connectivity index (χ4v) is 1.63. The number of rotatable bonds is 4. The molecule has 0 bridgehead atoms. The lowest BCUT2D eigenvalue weighted by Crippen LogP contribution is -2.03. The lowest BCUT2D eigenvalue weighted by Gasteiger charge is -2.06. The van der Waals surface area contributed by atoms with E-state index in [1.807, 2.05) is 19.1 Å². The van der Waals surface area contributed by atoms with Gasteiger partial charge in [0.1, 0.15) is 5.75 Å². The molecule has 2 aromatic rings. The van der Waals surface area contributed by atoms with Gasteiger partial charge in [-0.05, 0) is 43.1 Å². The highest BCUT2D eigenvalue weighted by molar-refractivity contribution is 6.32. The summed E-state index contributed by atoms with van der Waals surface area (Å²) in [6, 6.07) is 5.83. The Labute approximate surface area is 111 Å². The van der Waals surface area contributed by atoms with Gasteiger partial charge in [-0.15, -0.1) is 0 Å². The summed E-state index contributed by atoms with van der Waals surface area (Å²) in [5, 5.41) is 0.537. The molecule has 2 rings (SSSR count). The fourth-order valence-electron chi connectivity index (χ4n) is 1.48. The maximum absolute atomic E-state index is 6.03. The number of halogens is 1. The topological polar surface area (TPSA) is 61.0 Å². The van der Waals surface area contributed by atoms with Crippen molar-refractivity contribution in [1.29, 1.82) is 0 Å². The van der Waals surface area contributed by atoms with E-state index in [9.17, 15) is 0 Å². The normalized spacial score (nSPS) is 10.4. The second-order valence-corrected chi connectivity index (χ2v) is 4.36. The summed E-state index contributed by atoms with van der Waals surface area (Å²) in [5.41, 5.74) is 7.50. The molecule has 1 aromatic carbocycles. The van der Waals surface area contributed by atoms with Crippen LogP contribution in [-0.2, 0) is 6.42 Å². The van der Waals surface area contributed by atoms with Crippen molar-refractivity contribution >= 4 is 11.6 Å². The van der Waals surface area contributed by atoms with Crippen molar-refractivity contribution in [3.63, 3.8) is 0 Å². The smallest absolute Gasteiger partial charge is 0.321 e. The molecule has 1 aromatic heterocycles. The number of nitrogens with two attached hydrogens (primary N) is 1. The molecule has 2 N–H and O–H groups in total. The number of hydrogen-bond donors (Lipinski definition) is 1. The summed E-state index contributed by atoms with van der Waals surface area (Å²) in [4.78, 5) is 8.23. The number of ether oxygens (including phenoxy) is 1. The molecule has 18 heavy (non-hydrogen) atoms. The molecule has 0 aliphatic rings. The molecule has 0 atom stereocenters. The highest BCUT2D eigenvalue weighted by atomic mass is 35.5. The molecule has 1 heterocycles. The summed E-state index contributed by atoms with van der Waals surface area (Å²) >= 11 is 6.03. The van der Waals surface area contributed by atoms with Crippen molar-refractivity contribution in [3.05, 3.63) is 46.7 Å². The Hall–Kier alpha value is -1.65. The minimum atomic E-state index is 0.281. The lowest BCUT2D eigenvalue weighted by molar-refractivity contribution is 0.441. The van der Waals surface area contributed by atoms with E-state index in [4.69, 9.17) is 22.1 Å². The maximum Gasteiger partial charge on any atom is 0.321 e. The van der Waals surface area contributed by atoms with Gasteiger partial charge in [0.15, 0.2) is 0 Å². The largest absolute Gasteiger partial charge is 0.423 e. The van der Waals surface area contributed by atoms with Gasteiger partial charge in [-0.25, -0.2) is 9.97 Å². The molecular weight excluding hydrogens is 250 g/mol. The van der Waals surface area contributed by atoms with Gasteiger partial charge in [0, 0.05) is 12.4 Å². The summed E-state index contributed by atoms with van der Waals surface area (Å²) in [5.74, 6) is 0.559. The molecule has 0 radical (unpaired) electrons. The molecular formula is C13H14ClN3O. The van der Waals surface area contributed by atoms with Crippen LogP contribution in [0.15, 0.2) is 30.6 Å². The van der Waals surface area contributed by atoms with Gasteiger partial charge >= 0.3 is 6.01 Å². The highest BCUT2D eigenvalue weighted by Gasteiger charge is 2.05. The van der Waals surface area contributed by atoms with E-state index in [0.717, 1.165) is 17.5 Å². The van der Waals surface area contributed by atoms with Crippen LogP contribution in [-0.4, -0.2) is 16.5 Å². The Balaban J connectivity index is 2.15. The van der Waals surface area contributed by atoms with Crippen LogP contribution < -0.4 is 10.5 Å². The zero-order valence-electron chi connectivity index (χ0n) is 10.1. The van der Waals surface area contributed by atoms with E-state index in [2.05, 4.69) is 9.97 Å². The van der Waals surface area contributed by atoms with Crippen LogP contribution in [0.5, 0.6) is 11.8 Å². The number of hydrogen-bond acceptors (Lipinski definition) is 4. The Kier molecular flexibility index (Phi) is 4.12. The maximum atomic E-state index is 6.03. The van der Waals surface area contributed by atoms with Gasteiger partial charge in [0.25, 0.3) is 0 Å². The van der Waals surface area contributed by atoms with Crippen LogP contribution in [0, 0.1) is 6.92 Å². The van der Waals surface area contributed by atoms with Gasteiger partial charge in [0.2, 0.25) is 0 Å². The van der Waals surface area contributed by atoms with Crippen LogP contribution in [0.4, 0.5) is 0 Å². The first-order valence-electron chi connectivity index (χ1n) is 5.64. The zero-order valence-corrected chi connectivity index (χ0v) is 10.8. The van der Waals surface area contributed by atoms with Gasteiger partial charge in [-0.2, -0.15) is 0 Å². The summed E-state index contributed by atoms with van der Waals surface area (Å²) in [6.45, 7) is 2.54. The third-order valence-corrected chi connectivity index (χ3v) is 2.71. The molecule has 0 spiro atoms. The first-order valence-corrected chi connectivity index (χ1v) is 6.02. The average molecular weight is 264 g/mol. The highest BCUT2D eigenvalue weighted by Crippen LogP contribution is 2.28. The van der Waals surface area contributed by atoms with E-state index in [1.165, 1.54) is 0 Å². The zero-order chi connectivity index (χ0) is 13.0. The van der Waals surface area contributed by atoms with Crippen LogP contribution in [0.3, 0.4) is 0 Å². The first-order chi connectivity index (χ1) is 8.69. The predicted molar refractivity (Wildman–Crippen MR) is 71.1 cm³/mol. The number of benzene rings is 1. The van der Waals surface area contributed by atoms with Crippen molar-refractivity contribution in [1.82, 2.24) is 9.97 Å². The molecule has 0 saturated heterocycles. The van der Waals surface area contributed by atoms with Gasteiger partial charge in [-0.1, -0.05) is 17.7 Å². The van der Waals surface area contributed by atoms with Crippen molar-refractivity contribution < 1.29 is 4.74 Å². The standard InChI is InChI=1S/C13H14ClN3O/c1-9-2-3-11(14)12(6-9)18-13-16-7-10(4-5-15)8-17-13/h2-3,6-8H,4-5,15H2,1H3. The van der Waals surface area contributed by atoms with E-state index in [0.29, 0.717) is 17.3 Å². The summed E-state index contributed by atoms with van der Waals surface area (Å²) < 4.78 is 5.54. The van der Waals surface area contributed by atoms with Crippen molar-refractivity contribution in [3.8, 4) is 11.8 Å². The molecule has 0 aliphatic heterocycles. The molecule has 94 valence electrons. The molecule has 5 heteroatoms. The van der Waals surface area contributed by atoms with Gasteiger partial charge in [-0.3, -0.25) is 0 Å². The Morgan fingerprint density at radius 3 is 2.67 bits per heavy atom. The van der Waals surface area contributed by atoms with Crippen LogP contribution in [0.1, 0.15) is 11.1 Å². The van der Waals surface area contributed by atoms with E-state index >= 15 is 0 Å². The molecule has 0 saturated carbocycles. The van der Waals surface area contributed by atoms with E-state index in [-0.39, 0.29) is 6.01 Å². The fraction of sp³-hybridized carbons (Fsp3) is 0.231. The van der Waals surface area contributed by atoms with E-state index in [1.54, 1.807) is 18.5 Å². The van der Waals surface area contributed by atoms with Crippen LogP contribution in [0.25, 0.3) is 0 Å². The second-order valence-electron chi connectivity index (χ2n) is 3.95. The minimum Gasteiger partial charge on any atom is -0.423 e. The second kappa shape index (κ2) is 5.80. The predicted octanol–water partition coefficient (Wildman–Crippen LogP) is 2.73. The van der Waals surface area contributed by atoms with Crippen molar-refractivity contribution in [2.45, 2.75) is 13.3 Å². The number of aryl methyl sites for hydroxylation is 1. The van der Waals surface area contributed by atoms with E-state index < -0.39 is 0 Å². The van der Waals surface area contributed by atoms with Crippen LogP contribution in [0.2, 0.25) is 5.02 Å². The summed E-state index contributed by atoms with van der Waals surface area (Å²) in [7, 11) is 0. The number of nitrogens with zero attached hydrogens (tertiary/aromatic N) is 2. The van der Waals surface area contributed by atoms with Crippen molar-refractivity contribution in [2.75, 3.05) is 6.54 Å². The van der Waals surface area contributed by atoms with Gasteiger partial charge < -0.3 is 10.5 Å². The lowest BCUT2D eigenvalue weighted by atomic mass is 10.2. The Bertz CT molecular complexity index is 528. The minimum absolute atomic E-state index is 0.281. The van der Waals surface area contributed by atoms with Gasteiger partial charge in [0.05, 0.1) is 5.02 Å². The average Bonchev–Trinajstić information content (AvgIpc) is 2.37. The quantitative estimate of drug-likeness (QED) is 0.921. The first kappa shape index (κ1) is 12.8. The van der Waals surface area contributed by atoms with Crippen molar-refractivity contribution in [2.24, 2.45) is 5.73 Å². The third kappa shape index (κ3) is 3.18. The summed E-state index contributed by atoms with van der Waals surface area (Å²) in [6.07, 6.45) is 4.17. The van der Waals surface area contributed by atoms with Crippen LogP contribution >= 0.6 is 11.6 Å². The SMILES string of the molecule is Cc1ccc(Cl)c(Oc2ncc(CCN)cn2)c1. The molecule has 0 fully saturated rings. The molecule has 0 amide bonds. The Morgan fingerprint density at radius 1 is 1.28 bits per heavy atom.